The summed E-state index contributed by atoms with van der Waals surface area (Å²) in [4.78, 5) is 35.6. The predicted octanol–water partition coefficient (Wildman–Crippen LogP) is 2.04. The Hall–Kier alpha value is -2.61. The zero-order valence-corrected chi connectivity index (χ0v) is 15.0. The van der Waals surface area contributed by atoms with Gasteiger partial charge in [-0.05, 0) is 36.3 Å². The van der Waals surface area contributed by atoms with E-state index in [0.29, 0.717) is 6.54 Å². The van der Waals surface area contributed by atoms with Crippen LogP contribution in [0.2, 0.25) is 0 Å². The van der Waals surface area contributed by atoms with Crippen molar-refractivity contribution >= 4 is 33.3 Å². The zero-order chi connectivity index (χ0) is 17.5. The topological polar surface area (TPSA) is 75.1 Å². The maximum atomic E-state index is 13.3. The number of hydrogen-bond donors (Lipinski definition) is 0. The van der Waals surface area contributed by atoms with E-state index in [2.05, 4.69) is 24.8 Å². The smallest absolute Gasteiger partial charge is 0.245 e. The molecule has 1 saturated heterocycles. The van der Waals surface area contributed by atoms with Gasteiger partial charge in [-0.1, -0.05) is 0 Å². The summed E-state index contributed by atoms with van der Waals surface area (Å²) in [5.74, 6) is 1.06. The van der Waals surface area contributed by atoms with Crippen LogP contribution in [-0.4, -0.2) is 49.9 Å². The fourth-order valence-corrected chi connectivity index (χ4v) is 4.66. The molecular formula is C18H18N6OS. The molecule has 5 heterocycles. The molecule has 8 heteroatoms. The monoisotopic (exact) mass is 366 g/mol. The van der Waals surface area contributed by atoms with E-state index in [9.17, 15) is 4.79 Å². The molecule has 1 atom stereocenters. The van der Waals surface area contributed by atoms with Crippen LogP contribution >= 0.6 is 11.3 Å². The van der Waals surface area contributed by atoms with Crippen LogP contribution in [0.4, 0.5) is 5.82 Å². The van der Waals surface area contributed by atoms with Crippen LogP contribution in [-0.2, 0) is 17.8 Å². The Morgan fingerprint density at radius 3 is 3.12 bits per heavy atom. The minimum atomic E-state index is -0.156. The SMILES string of the molecule is O=C([C@@H]1CCCN1c1ncnc2sccc12)N1CCc2cncnc2C1. The van der Waals surface area contributed by atoms with Crippen molar-refractivity contribution in [3.63, 3.8) is 0 Å². The molecule has 0 aliphatic carbocycles. The quantitative estimate of drug-likeness (QED) is 0.691. The summed E-state index contributed by atoms with van der Waals surface area (Å²) in [6, 6.07) is 1.89. The Morgan fingerprint density at radius 2 is 2.15 bits per heavy atom. The molecule has 1 fully saturated rings. The van der Waals surface area contributed by atoms with Crippen LogP contribution in [0.3, 0.4) is 0 Å². The number of carbonyl (C=O) groups is 1. The minimum absolute atomic E-state index is 0.156. The highest BCUT2D eigenvalue weighted by atomic mass is 32.1. The van der Waals surface area contributed by atoms with E-state index in [1.165, 1.54) is 0 Å². The molecule has 2 aliphatic rings. The summed E-state index contributed by atoms with van der Waals surface area (Å²) in [5.41, 5.74) is 2.11. The Labute approximate surface area is 154 Å². The average Bonchev–Trinajstić information content (AvgIpc) is 3.36. The van der Waals surface area contributed by atoms with Crippen molar-refractivity contribution in [2.75, 3.05) is 18.0 Å². The third-order valence-electron chi connectivity index (χ3n) is 5.24. The van der Waals surface area contributed by atoms with Crippen LogP contribution in [0.1, 0.15) is 24.1 Å². The molecule has 0 radical (unpaired) electrons. The molecule has 2 aliphatic heterocycles. The highest BCUT2D eigenvalue weighted by Crippen LogP contribution is 2.32. The van der Waals surface area contributed by atoms with E-state index in [4.69, 9.17) is 0 Å². The average molecular weight is 366 g/mol. The third kappa shape index (κ3) is 2.52. The first kappa shape index (κ1) is 15.6. The van der Waals surface area contributed by atoms with Gasteiger partial charge in [0.25, 0.3) is 0 Å². The van der Waals surface area contributed by atoms with E-state index < -0.39 is 0 Å². The van der Waals surface area contributed by atoms with Gasteiger partial charge in [-0.2, -0.15) is 0 Å². The number of carbonyl (C=O) groups excluding carboxylic acids is 1. The Balaban J connectivity index is 1.42. The fourth-order valence-electron chi connectivity index (χ4n) is 3.93. The molecular weight excluding hydrogens is 348 g/mol. The maximum Gasteiger partial charge on any atom is 0.245 e. The number of thiophene rings is 1. The first-order valence-electron chi connectivity index (χ1n) is 8.82. The normalized spacial score (nSPS) is 19.8. The molecule has 0 bridgehead atoms. The number of anilines is 1. The summed E-state index contributed by atoms with van der Waals surface area (Å²) in [6.07, 6.45) is 7.70. The lowest BCUT2D eigenvalue weighted by molar-refractivity contribution is -0.133. The second-order valence-electron chi connectivity index (χ2n) is 6.69. The molecule has 0 aromatic carbocycles. The molecule has 3 aromatic rings. The second kappa shape index (κ2) is 6.28. The molecule has 0 saturated carbocycles. The van der Waals surface area contributed by atoms with Crippen molar-refractivity contribution < 1.29 is 4.79 Å². The number of fused-ring (bicyclic) bond motifs is 2. The van der Waals surface area contributed by atoms with E-state index in [1.807, 2.05) is 22.5 Å². The van der Waals surface area contributed by atoms with Crippen molar-refractivity contribution in [1.29, 1.82) is 0 Å². The first-order chi connectivity index (χ1) is 12.8. The van der Waals surface area contributed by atoms with Gasteiger partial charge in [-0.25, -0.2) is 19.9 Å². The van der Waals surface area contributed by atoms with Crippen LogP contribution in [0.5, 0.6) is 0 Å². The second-order valence-corrected chi connectivity index (χ2v) is 7.59. The Kier molecular flexibility index (Phi) is 3.77. The molecule has 0 unspecified atom stereocenters. The van der Waals surface area contributed by atoms with Crippen LogP contribution in [0.15, 0.2) is 30.3 Å². The van der Waals surface area contributed by atoms with Crippen molar-refractivity contribution in [3.8, 4) is 0 Å². The summed E-state index contributed by atoms with van der Waals surface area (Å²) in [6.45, 7) is 2.14. The Bertz CT molecular complexity index is 973. The van der Waals surface area contributed by atoms with Crippen LogP contribution < -0.4 is 4.90 Å². The van der Waals surface area contributed by atoms with Gasteiger partial charge < -0.3 is 9.80 Å². The largest absolute Gasteiger partial charge is 0.344 e. The van der Waals surface area contributed by atoms with E-state index in [-0.39, 0.29) is 11.9 Å². The number of rotatable bonds is 2. The lowest BCUT2D eigenvalue weighted by atomic mass is 10.1. The summed E-state index contributed by atoms with van der Waals surface area (Å²) >= 11 is 1.60. The molecule has 5 rings (SSSR count). The Morgan fingerprint density at radius 1 is 1.19 bits per heavy atom. The summed E-state index contributed by atoms with van der Waals surface area (Å²) < 4.78 is 0. The predicted molar refractivity (Wildman–Crippen MR) is 98.9 cm³/mol. The van der Waals surface area contributed by atoms with Gasteiger partial charge in [0.2, 0.25) is 5.91 Å². The lowest BCUT2D eigenvalue weighted by Crippen LogP contribution is -2.47. The number of hydrogen-bond acceptors (Lipinski definition) is 7. The third-order valence-corrected chi connectivity index (χ3v) is 6.06. The van der Waals surface area contributed by atoms with Gasteiger partial charge in [0, 0.05) is 19.3 Å². The zero-order valence-electron chi connectivity index (χ0n) is 14.2. The standard InChI is InChI=1S/C18H18N6OS/c25-18(23-6-3-12-8-19-10-20-14(12)9-23)15-2-1-5-24(15)16-13-4-7-26-17(13)22-11-21-16/h4,7-8,10-11,15H,1-3,5-6,9H2/t15-/m0/s1. The van der Waals surface area contributed by atoms with Crippen LogP contribution in [0.25, 0.3) is 10.2 Å². The van der Waals surface area contributed by atoms with Gasteiger partial charge in [-0.15, -0.1) is 11.3 Å². The molecule has 0 N–H and O–H groups in total. The summed E-state index contributed by atoms with van der Waals surface area (Å²) in [5, 5.41) is 3.06. The molecule has 1 amide bonds. The molecule has 26 heavy (non-hydrogen) atoms. The molecule has 7 nitrogen and oxygen atoms in total. The van der Waals surface area contributed by atoms with E-state index >= 15 is 0 Å². The van der Waals surface area contributed by atoms with Crippen molar-refractivity contribution in [1.82, 2.24) is 24.8 Å². The molecule has 3 aromatic heterocycles. The highest BCUT2D eigenvalue weighted by molar-refractivity contribution is 7.16. The van der Waals surface area contributed by atoms with E-state index in [1.54, 1.807) is 24.0 Å². The van der Waals surface area contributed by atoms with Gasteiger partial charge in [0.1, 0.15) is 29.3 Å². The molecule has 132 valence electrons. The maximum absolute atomic E-state index is 13.3. The number of amides is 1. The highest BCUT2D eigenvalue weighted by Gasteiger charge is 2.36. The first-order valence-corrected chi connectivity index (χ1v) is 9.70. The fraction of sp³-hybridized carbons (Fsp3) is 0.389. The van der Waals surface area contributed by atoms with Gasteiger partial charge in [-0.3, -0.25) is 4.79 Å². The molecule has 0 spiro atoms. The van der Waals surface area contributed by atoms with Crippen molar-refractivity contribution in [2.24, 2.45) is 0 Å². The van der Waals surface area contributed by atoms with Gasteiger partial charge >= 0.3 is 0 Å². The minimum Gasteiger partial charge on any atom is -0.344 e. The lowest BCUT2D eigenvalue weighted by Gasteiger charge is -2.33. The van der Waals surface area contributed by atoms with Gasteiger partial charge in [0.05, 0.1) is 17.6 Å². The van der Waals surface area contributed by atoms with E-state index in [0.717, 1.165) is 59.6 Å². The van der Waals surface area contributed by atoms with Gasteiger partial charge in [0.15, 0.2) is 0 Å². The van der Waals surface area contributed by atoms with Crippen LogP contribution in [0, 0.1) is 0 Å². The van der Waals surface area contributed by atoms with Crippen molar-refractivity contribution in [3.05, 3.63) is 41.6 Å². The number of nitrogens with zero attached hydrogens (tertiary/aromatic N) is 6. The summed E-state index contributed by atoms with van der Waals surface area (Å²) in [7, 11) is 0. The van der Waals surface area contributed by atoms with Crippen molar-refractivity contribution in [2.45, 2.75) is 31.8 Å². The number of aromatic nitrogens is 4.